The molecule has 0 radical (unpaired) electrons. The maximum atomic E-state index is 13.9. The zero-order valence-corrected chi connectivity index (χ0v) is 12.7. The molecule has 1 aromatic carbocycles. The summed E-state index contributed by atoms with van der Waals surface area (Å²) >= 11 is 5.88. The molecule has 0 spiro atoms. The Bertz CT molecular complexity index is 646. The van der Waals surface area contributed by atoms with E-state index in [2.05, 4.69) is 15.3 Å². The predicted molar refractivity (Wildman–Crippen MR) is 86.7 cm³/mol. The Labute approximate surface area is 133 Å². The highest BCUT2D eigenvalue weighted by atomic mass is 35.5. The van der Waals surface area contributed by atoms with Crippen molar-refractivity contribution in [3.63, 3.8) is 0 Å². The van der Waals surface area contributed by atoms with E-state index in [1.807, 2.05) is 11.0 Å². The van der Waals surface area contributed by atoms with Crippen LogP contribution in [0.1, 0.15) is 12.8 Å². The van der Waals surface area contributed by atoms with Crippen molar-refractivity contribution in [2.75, 3.05) is 29.0 Å². The van der Waals surface area contributed by atoms with Gasteiger partial charge in [0.25, 0.3) is 0 Å². The second-order valence-electron chi connectivity index (χ2n) is 5.32. The first-order valence-electron chi connectivity index (χ1n) is 7.18. The molecule has 0 amide bonds. The topological polar surface area (TPSA) is 67.1 Å². The minimum absolute atomic E-state index is 0.136. The summed E-state index contributed by atoms with van der Waals surface area (Å²) in [5, 5.41) is 3.60. The number of nitrogens with one attached hydrogen (secondary N) is 1. The van der Waals surface area contributed by atoms with E-state index in [9.17, 15) is 4.39 Å². The first kappa shape index (κ1) is 14.8. The average Bonchev–Trinajstić information content (AvgIpc) is 2.47. The number of nitrogens with zero attached hydrogens (tertiary/aromatic N) is 3. The molecule has 1 atom stereocenters. The molecular formula is C15H17ClFN5. The smallest absolute Gasteiger partial charge is 0.223 e. The normalized spacial score (nSPS) is 18.3. The molecule has 1 aliphatic rings. The lowest BCUT2D eigenvalue weighted by Gasteiger charge is -2.35. The zero-order chi connectivity index (χ0) is 15.5. The molecule has 3 rings (SSSR count). The van der Waals surface area contributed by atoms with Crippen LogP contribution in [0.3, 0.4) is 0 Å². The minimum atomic E-state index is -0.197. The maximum Gasteiger partial charge on any atom is 0.223 e. The molecule has 1 aliphatic heterocycles. The molecule has 1 unspecified atom stereocenters. The van der Waals surface area contributed by atoms with E-state index in [-0.39, 0.29) is 17.8 Å². The summed E-state index contributed by atoms with van der Waals surface area (Å²) in [6, 6.07) is 8.62. The van der Waals surface area contributed by atoms with E-state index in [1.54, 1.807) is 18.2 Å². The van der Waals surface area contributed by atoms with Crippen LogP contribution in [0, 0.1) is 5.82 Å². The van der Waals surface area contributed by atoms with E-state index in [0.29, 0.717) is 23.2 Å². The fraction of sp³-hybridized carbons (Fsp3) is 0.333. The monoisotopic (exact) mass is 321 g/mol. The van der Waals surface area contributed by atoms with Gasteiger partial charge in [0.15, 0.2) is 0 Å². The average molecular weight is 322 g/mol. The number of benzene rings is 1. The SMILES string of the molecule is Nc1nc(Cl)cc(NC2CCCN(c3ccccc3F)C2)n1. The standard InChI is InChI=1S/C15H17ClFN5/c16-13-8-14(21-15(18)20-13)19-10-4-3-7-22(9-10)12-6-2-1-5-11(12)17/h1-2,5-6,8,10H,3-4,7,9H2,(H3,18,19,20,21). The Morgan fingerprint density at radius 1 is 1.32 bits per heavy atom. The van der Waals surface area contributed by atoms with Crippen molar-refractivity contribution >= 4 is 29.1 Å². The Kier molecular flexibility index (Phi) is 4.29. The van der Waals surface area contributed by atoms with Gasteiger partial charge in [0.2, 0.25) is 5.95 Å². The Morgan fingerprint density at radius 3 is 2.91 bits per heavy atom. The van der Waals surface area contributed by atoms with Gasteiger partial charge in [-0.05, 0) is 25.0 Å². The van der Waals surface area contributed by atoms with Gasteiger partial charge in [0.1, 0.15) is 16.8 Å². The molecule has 1 aromatic heterocycles. The lowest BCUT2D eigenvalue weighted by molar-refractivity contribution is 0.518. The number of halogens is 2. The van der Waals surface area contributed by atoms with E-state index < -0.39 is 0 Å². The van der Waals surface area contributed by atoms with Crippen molar-refractivity contribution in [2.45, 2.75) is 18.9 Å². The number of nitrogens with two attached hydrogens (primary N) is 1. The molecule has 5 nitrogen and oxygen atoms in total. The third-order valence-electron chi connectivity index (χ3n) is 3.68. The summed E-state index contributed by atoms with van der Waals surface area (Å²) < 4.78 is 13.9. The lowest BCUT2D eigenvalue weighted by Crippen LogP contribution is -2.42. The number of hydrogen-bond acceptors (Lipinski definition) is 5. The van der Waals surface area contributed by atoms with Gasteiger partial charge in [0.05, 0.1) is 5.69 Å². The fourth-order valence-corrected chi connectivity index (χ4v) is 2.93. The van der Waals surface area contributed by atoms with Crippen molar-refractivity contribution < 1.29 is 4.39 Å². The third-order valence-corrected chi connectivity index (χ3v) is 3.87. The van der Waals surface area contributed by atoms with Gasteiger partial charge in [0, 0.05) is 25.2 Å². The lowest BCUT2D eigenvalue weighted by atomic mass is 10.0. The van der Waals surface area contributed by atoms with Gasteiger partial charge in [-0.1, -0.05) is 23.7 Å². The quantitative estimate of drug-likeness (QED) is 0.851. The minimum Gasteiger partial charge on any atom is -0.368 e. The van der Waals surface area contributed by atoms with Crippen LogP contribution in [0.15, 0.2) is 30.3 Å². The first-order chi connectivity index (χ1) is 10.6. The summed E-state index contributed by atoms with van der Waals surface area (Å²) in [6.07, 6.45) is 1.95. The first-order valence-corrected chi connectivity index (χ1v) is 7.55. The van der Waals surface area contributed by atoms with E-state index in [0.717, 1.165) is 19.4 Å². The fourth-order valence-electron chi connectivity index (χ4n) is 2.74. The van der Waals surface area contributed by atoms with Crippen molar-refractivity contribution in [3.8, 4) is 0 Å². The van der Waals surface area contributed by atoms with Gasteiger partial charge < -0.3 is 16.0 Å². The van der Waals surface area contributed by atoms with Crippen LogP contribution >= 0.6 is 11.6 Å². The van der Waals surface area contributed by atoms with Crippen LogP contribution in [0.5, 0.6) is 0 Å². The number of aromatic nitrogens is 2. The molecule has 0 bridgehead atoms. The second-order valence-corrected chi connectivity index (χ2v) is 5.70. The van der Waals surface area contributed by atoms with Gasteiger partial charge in [-0.15, -0.1) is 0 Å². The highest BCUT2D eigenvalue weighted by Crippen LogP contribution is 2.24. The van der Waals surface area contributed by atoms with Gasteiger partial charge in [-0.3, -0.25) is 0 Å². The molecule has 1 saturated heterocycles. The molecule has 3 N–H and O–H groups in total. The van der Waals surface area contributed by atoms with Gasteiger partial charge >= 0.3 is 0 Å². The van der Waals surface area contributed by atoms with Crippen molar-refractivity contribution in [1.29, 1.82) is 0 Å². The molecule has 7 heteroatoms. The van der Waals surface area contributed by atoms with Crippen LogP contribution in [0.4, 0.5) is 21.8 Å². The molecule has 116 valence electrons. The Morgan fingerprint density at radius 2 is 2.14 bits per heavy atom. The Balaban J connectivity index is 1.72. The zero-order valence-electron chi connectivity index (χ0n) is 12.0. The summed E-state index contributed by atoms with van der Waals surface area (Å²) in [4.78, 5) is 10.00. The van der Waals surface area contributed by atoms with Crippen molar-refractivity contribution in [2.24, 2.45) is 0 Å². The summed E-state index contributed by atoms with van der Waals surface area (Å²) in [5.41, 5.74) is 6.23. The van der Waals surface area contributed by atoms with Crippen LogP contribution in [0.25, 0.3) is 0 Å². The van der Waals surface area contributed by atoms with Crippen LogP contribution in [0.2, 0.25) is 5.15 Å². The molecule has 0 saturated carbocycles. The molecule has 1 fully saturated rings. The number of nitrogen functional groups attached to an aromatic ring is 1. The largest absolute Gasteiger partial charge is 0.368 e. The van der Waals surface area contributed by atoms with Crippen LogP contribution in [-0.4, -0.2) is 29.1 Å². The number of hydrogen-bond donors (Lipinski definition) is 2. The third kappa shape index (κ3) is 3.39. The maximum absolute atomic E-state index is 13.9. The predicted octanol–water partition coefficient (Wildman–Crippen LogP) is 2.93. The molecule has 2 heterocycles. The number of anilines is 3. The summed E-state index contributed by atoms with van der Waals surface area (Å²) in [5.74, 6) is 0.534. The highest BCUT2D eigenvalue weighted by molar-refractivity contribution is 6.29. The molecular weight excluding hydrogens is 305 g/mol. The van der Waals surface area contributed by atoms with Gasteiger partial charge in [-0.2, -0.15) is 4.98 Å². The highest BCUT2D eigenvalue weighted by Gasteiger charge is 2.22. The summed E-state index contributed by atoms with van der Waals surface area (Å²) in [6.45, 7) is 1.54. The summed E-state index contributed by atoms with van der Waals surface area (Å²) in [7, 11) is 0. The number of piperidine rings is 1. The molecule has 0 aliphatic carbocycles. The Hall–Kier alpha value is -2.08. The van der Waals surface area contributed by atoms with Crippen molar-refractivity contribution in [3.05, 3.63) is 41.3 Å². The van der Waals surface area contributed by atoms with E-state index in [1.165, 1.54) is 6.07 Å². The molecule has 2 aromatic rings. The second kappa shape index (κ2) is 6.36. The van der Waals surface area contributed by atoms with Crippen LogP contribution in [-0.2, 0) is 0 Å². The number of para-hydroxylation sites is 1. The van der Waals surface area contributed by atoms with Gasteiger partial charge in [-0.25, -0.2) is 9.37 Å². The van der Waals surface area contributed by atoms with E-state index in [4.69, 9.17) is 17.3 Å². The van der Waals surface area contributed by atoms with E-state index >= 15 is 0 Å². The molecule has 22 heavy (non-hydrogen) atoms. The number of rotatable bonds is 3. The van der Waals surface area contributed by atoms with Crippen molar-refractivity contribution in [1.82, 2.24) is 9.97 Å². The van der Waals surface area contributed by atoms with Crippen LogP contribution < -0.4 is 16.0 Å².